The summed E-state index contributed by atoms with van der Waals surface area (Å²) in [6, 6.07) is 3.41. The summed E-state index contributed by atoms with van der Waals surface area (Å²) in [4.78, 5) is 6.77. The fourth-order valence-corrected chi connectivity index (χ4v) is 2.97. The molecule has 0 saturated carbocycles. The van der Waals surface area contributed by atoms with Crippen LogP contribution in [0.2, 0.25) is 0 Å². The predicted octanol–water partition coefficient (Wildman–Crippen LogP) is 2.99. The average Bonchev–Trinajstić information content (AvgIpc) is 2.60. The van der Waals surface area contributed by atoms with Crippen LogP contribution in [0.3, 0.4) is 0 Å². The fourth-order valence-electron chi connectivity index (χ4n) is 2.97. The molecule has 1 aliphatic rings. The molecule has 1 heterocycles. The van der Waals surface area contributed by atoms with Gasteiger partial charge in [-0.25, -0.2) is 13.8 Å². The molecule has 0 aliphatic carbocycles. The van der Waals surface area contributed by atoms with E-state index in [2.05, 4.69) is 34.4 Å². The number of guanidine groups is 1. The first kappa shape index (κ1) is 24.0. The van der Waals surface area contributed by atoms with Crippen LogP contribution in [-0.2, 0) is 11.3 Å². The molecule has 1 atom stereocenters. The molecule has 0 spiro atoms. The van der Waals surface area contributed by atoms with Crippen LogP contribution < -0.4 is 10.6 Å². The Labute approximate surface area is 178 Å². The van der Waals surface area contributed by atoms with Crippen LogP contribution in [0.5, 0.6) is 0 Å². The Balaban J connectivity index is 0.00000364. The first-order valence-corrected chi connectivity index (χ1v) is 9.28. The summed E-state index contributed by atoms with van der Waals surface area (Å²) in [5, 5.41) is 6.36. The zero-order chi connectivity index (χ0) is 18.9. The van der Waals surface area contributed by atoms with E-state index in [1.165, 1.54) is 6.07 Å². The van der Waals surface area contributed by atoms with Gasteiger partial charge in [-0.15, -0.1) is 24.0 Å². The molecule has 0 radical (unpaired) electrons. The SMILES string of the molecule is CCNC(=NCc1cc(F)ccc1F)NCC1CN(CC(C)C)CCO1.I. The molecule has 2 rings (SSSR count). The van der Waals surface area contributed by atoms with Crippen molar-refractivity contribution in [1.82, 2.24) is 15.5 Å². The highest BCUT2D eigenvalue weighted by Crippen LogP contribution is 2.11. The zero-order valence-electron chi connectivity index (χ0n) is 16.3. The van der Waals surface area contributed by atoms with E-state index in [4.69, 9.17) is 4.74 Å². The Morgan fingerprint density at radius 2 is 2.11 bits per heavy atom. The van der Waals surface area contributed by atoms with E-state index in [1.807, 2.05) is 6.92 Å². The summed E-state index contributed by atoms with van der Waals surface area (Å²) in [5.41, 5.74) is 0.235. The average molecular weight is 496 g/mol. The summed E-state index contributed by atoms with van der Waals surface area (Å²) in [5.74, 6) is 0.281. The minimum atomic E-state index is -0.463. The molecule has 27 heavy (non-hydrogen) atoms. The van der Waals surface area contributed by atoms with Gasteiger partial charge in [-0.3, -0.25) is 4.90 Å². The van der Waals surface area contributed by atoms with Crippen molar-refractivity contribution in [1.29, 1.82) is 0 Å². The van der Waals surface area contributed by atoms with E-state index in [1.54, 1.807) is 0 Å². The third-order valence-electron chi connectivity index (χ3n) is 4.10. The summed E-state index contributed by atoms with van der Waals surface area (Å²) in [7, 11) is 0. The summed E-state index contributed by atoms with van der Waals surface area (Å²) in [6.45, 7) is 11.4. The van der Waals surface area contributed by atoms with E-state index in [9.17, 15) is 8.78 Å². The third kappa shape index (κ3) is 8.69. The smallest absolute Gasteiger partial charge is 0.191 e. The quantitative estimate of drug-likeness (QED) is 0.346. The number of hydrogen-bond acceptors (Lipinski definition) is 3. The number of ether oxygens (including phenoxy) is 1. The zero-order valence-corrected chi connectivity index (χ0v) is 18.6. The molecule has 1 saturated heterocycles. The molecule has 1 aliphatic heterocycles. The van der Waals surface area contributed by atoms with Gasteiger partial charge in [-0.1, -0.05) is 13.8 Å². The molecule has 154 valence electrons. The van der Waals surface area contributed by atoms with Gasteiger partial charge in [0.2, 0.25) is 0 Å². The highest BCUT2D eigenvalue weighted by atomic mass is 127. The van der Waals surface area contributed by atoms with Crippen LogP contribution in [0.1, 0.15) is 26.3 Å². The van der Waals surface area contributed by atoms with Gasteiger partial charge in [0.25, 0.3) is 0 Å². The molecular formula is C19H31F2IN4O. The van der Waals surface area contributed by atoms with Crippen molar-refractivity contribution in [2.24, 2.45) is 10.9 Å². The van der Waals surface area contributed by atoms with Crippen LogP contribution in [0.15, 0.2) is 23.2 Å². The number of rotatable bonds is 7. The highest BCUT2D eigenvalue weighted by Gasteiger charge is 2.21. The van der Waals surface area contributed by atoms with Gasteiger partial charge in [0.15, 0.2) is 5.96 Å². The van der Waals surface area contributed by atoms with Crippen LogP contribution >= 0.6 is 24.0 Å². The molecule has 0 amide bonds. The molecule has 0 bridgehead atoms. The number of aliphatic imine (C=N–C) groups is 1. The van der Waals surface area contributed by atoms with Crippen molar-refractivity contribution in [3.05, 3.63) is 35.4 Å². The Morgan fingerprint density at radius 1 is 1.33 bits per heavy atom. The molecule has 5 nitrogen and oxygen atoms in total. The van der Waals surface area contributed by atoms with Crippen molar-refractivity contribution in [3.8, 4) is 0 Å². The number of nitrogens with zero attached hydrogens (tertiary/aromatic N) is 2. The minimum absolute atomic E-state index is 0. The maximum absolute atomic E-state index is 13.7. The number of morpholine rings is 1. The third-order valence-corrected chi connectivity index (χ3v) is 4.10. The summed E-state index contributed by atoms with van der Waals surface area (Å²) < 4.78 is 32.8. The Morgan fingerprint density at radius 3 is 2.81 bits per heavy atom. The second-order valence-electron chi connectivity index (χ2n) is 6.96. The van der Waals surface area contributed by atoms with Gasteiger partial charge in [-0.2, -0.15) is 0 Å². The van der Waals surface area contributed by atoms with Crippen molar-refractivity contribution in [2.75, 3.05) is 39.3 Å². The van der Waals surface area contributed by atoms with Crippen molar-refractivity contribution in [3.63, 3.8) is 0 Å². The topological polar surface area (TPSA) is 48.9 Å². The van der Waals surface area contributed by atoms with Crippen LogP contribution in [-0.4, -0.2) is 56.3 Å². The fraction of sp³-hybridized carbons (Fsp3) is 0.632. The second kappa shape index (κ2) is 12.5. The molecule has 8 heteroatoms. The Hall–Kier alpha value is -1.00. The van der Waals surface area contributed by atoms with Gasteiger partial charge < -0.3 is 15.4 Å². The molecule has 1 aromatic carbocycles. The van der Waals surface area contributed by atoms with Crippen LogP contribution in [0.25, 0.3) is 0 Å². The predicted molar refractivity (Wildman–Crippen MR) is 116 cm³/mol. The van der Waals surface area contributed by atoms with E-state index in [-0.39, 0.29) is 42.2 Å². The lowest BCUT2D eigenvalue weighted by molar-refractivity contribution is -0.0284. The normalized spacial score (nSPS) is 18.3. The van der Waals surface area contributed by atoms with Gasteiger partial charge in [0.1, 0.15) is 11.6 Å². The molecule has 2 N–H and O–H groups in total. The molecule has 1 aromatic rings. The summed E-state index contributed by atoms with van der Waals surface area (Å²) >= 11 is 0. The largest absolute Gasteiger partial charge is 0.374 e. The monoisotopic (exact) mass is 496 g/mol. The van der Waals surface area contributed by atoms with Crippen molar-refractivity contribution < 1.29 is 13.5 Å². The lowest BCUT2D eigenvalue weighted by Gasteiger charge is -2.34. The Kier molecular flexibility index (Phi) is 11.1. The van der Waals surface area contributed by atoms with E-state index in [0.29, 0.717) is 25.0 Å². The van der Waals surface area contributed by atoms with Crippen LogP contribution in [0.4, 0.5) is 8.78 Å². The minimum Gasteiger partial charge on any atom is -0.374 e. The maximum atomic E-state index is 13.7. The molecule has 1 unspecified atom stereocenters. The van der Waals surface area contributed by atoms with E-state index >= 15 is 0 Å². The van der Waals surface area contributed by atoms with E-state index < -0.39 is 11.6 Å². The van der Waals surface area contributed by atoms with Crippen molar-refractivity contribution >= 4 is 29.9 Å². The van der Waals surface area contributed by atoms with Crippen molar-refractivity contribution in [2.45, 2.75) is 33.4 Å². The number of halogens is 3. The van der Waals surface area contributed by atoms with Gasteiger partial charge in [-0.05, 0) is 31.0 Å². The standard InChI is InChI=1S/C19H30F2N4O.HI/c1-4-22-19(23-10-15-9-16(20)5-6-18(15)21)24-11-17-13-25(7-8-26-17)12-14(2)3;/h5-6,9,14,17H,4,7-8,10-13H2,1-3H3,(H2,22,23,24);1H. The lowest BCUT2D eigenvalue weighted by atomic mass is 10.2. The first-order valence-electron chi connectivity index (χ1n) is 9.28. The van der Waals surface area contributed by atoms with Gasteiger partial charge in [0, 0.05) is 38.3 Å². The van der Waals surface area contributed by atoms with Gasteiger partial charge in [0.05, 0.1) is 19.3 Å². The van der Waals surface area contributed by atoms with Crippen LogP contribution in [0, 0.1) is 17.6 Å². The molecule has 1 fully saturated rings. The molecule has 0 aromatic heterocycles. The number of hydrogen-bond donors (Lipinski definition) is 2. The second-order valence-corrected chi connectivity index (χ2v) is 6.96. The molecular weight excluding hydrogens is 465 g/mol. The number of nitrogens with one attached hydrogen (secondary N) is 2. The summed E-state index contributed by atoms with van der Waals surface area (Å²) in [6.07, 6.45) is 0.0808. The number of benzene rings is 1. The lowest BCUT2D eigenvalue weighted by Crippen LogP contribution is -2.50. The van der Waals surface area contributed by atoms with Gasteiger partial charge >= 0.3 is 0 Å². The first-order chi connectivity index (χ1) is 12.5. The maximum Gasteiger partial charge on any atom is 0.191 e. The Bertz CT molecular complexity index is 601. The van der Waals surface area contributed by atoms with E-state index in [0.717, 1.165) is 38.4 Å². The highest BCUT2D eigenvalue weighted by molar-refractivity contribution is 14.0.